The number of benzene rings is 1. The van der Waals surface area contributed by atoms with Gasteiger partial charge >= 0.3 is 0 Å². The predicted molar refractivity (Wildman–Crippen MR) is 104 cm³/mol. The monoisotopic (exact) mass is 400 g/mol. The highest BCUT2D eigenvalue weighted by Crippen LogP contribution is 2.14. The lowest BCUT2D eigenvalue weighted by atomic mass is 10.0. The summed E-state index contributed by atoms with van der Waals surface area (Å²) in [5, 5.41) is 0. The third-order valence-electron chi connectivity index (χ3n) is 4.23. The number of halogens is 1. The molecule has 0 amide bonds. The van der Waals surface area contributed by atoms with Crippen molar-refractivity contribution in [2.45, 2.75) is 90.4 Å². The van der Waals surface area contributed by atoms with E-state index in [2.05, 4.69) is 53.8 Å². The second-order valence-electron chi connectivity index (χ2n) is 6.27. The molecule has 0 fully saturated rings. The Hall–Kier alpha value is -0.0500. The van der Waals surface area contributed by atoms with Gasteiger partial charge in [-0.1, -0.05) is 89.7 Å². The molecule has 0 N–H and O–H groups in total. The Bertz CT molecular complexity index is 328. The van der Waals surface area contributed by atoms with Gasteiger partial charge in [0.25, 0.3) is 0 Å². The number of hydrogen-bond donors (Lipinski definition) is 0. The van der Waals surface area contributed by atoms with Crippen LogP contribution in [-0.4, -0.2) is 0 Å². The summed E-state index contributed by atoms with van der Waals surface area (Å²) in [6.45, 7) is 2.29. The van der Waals surface area contributed by atoms with E-state index in [1.165, 1.54) is 92.6 Å². The van der Waals surface area contributed by atoms with Gasteiger partial charge in [-0.05, 0) is 53.1 Å². The molecule has 120 valence electrons. The van der Waals surface area contributed by atoms with Gasteiger partial charge < -0.3 is 0 Å². The van der Waals surface area contributed by atoms with E-state index in [9.17, 15) is 0 Å². The number of unbranched alkanes of at least 4 members (excludes halogenated alkanes) is 11. The van der Waals surface area contributed by atoms with E-state index in [4.69, 9.17) is 0 Å². The third-order valence-corrected chi connectivity index (χ3v) is 4.95. The van der Waals surface area contributed by atoms with E-state index in [1.807, 2.05) is 0 Å². The van der Waals surface area contributed by atoms with E-state index >= 15 is 0 Å². The minimum absolute atomic E-state index is 1.26. The predicted octanol–water partition coefficient (Wildman–Crippen LogP) is 7.53. The van der Waals surface area contributed by atoms with Crippen LogP contribution < -0.4 is 0 Å². The zero-order valence-corrected chi connectivity index (χ0v) is 16.0. The molecule has 0 saturated heterocycles. The molecule has 0 heterocycles. The van der Waals surface area contributed by atoms with E-state index in [0.29, 0.717) is 0 Å². The van der Waals surface area contributed by atoms with E-state index in [1.54, 1.807) is 0 Å². The largest absolute Gasteiger partial charge is 0.0654 e. The highest BCUT2D eigenvalue weighted by Gasteiger charge is 1.95. The van der Waals surface area contributed by atoms with Crippen molar-refractivity contribution in [3.8, 4) is 0 Å². The summed E-state index contributed by atoms with van der Waals surface area (Å²) in [6, 6.07) is 8.99. The third kappa shape index (κ3) is 11.2. The summed E-state index contributed by atoms with van der Waals surface area (Å²) in [7, 11) is 0. The maximum atomic E-state index is 2.37. The molecule has 0 aromatic heterocycles. The van der Waals surface area contributed by atoms with E-state index in [0.717, 1.165) is 0 Å². The quantitative estimate of drug-likeness (QED) is 0.237. The van der Waals surface area contributed by atoms with Crippen molar-refractivity contribution < 1.29 is 0 Å². The number of aryl methyl sites for hydroxylation is 1. The molecule has 0 bridgehead atoms. The van der Waals surface area contributed by atoms with Crippen molar-refractivity contribution >= 4 is 22.6 Å². The van der Waals surface area contributed by atoms with Gasteiger partial charge in [0.2, 0.25) is 0 Å². The Labute approximate surface area is 146 Å². The van der Waals surface area contributed by atoms with Crippen LogP contribution in [0, 0.1) is 3.57 Å². The Morgan fingerprint density at radius 3 is 1.52 bits per heavy atom. The highest BCUT2D eigenvalue weighted by molar-refractivity contribution is 14.1. The molecule has 0 saturated carbocycles. The molecule has 1 aromatic rings. The number of rotatable bonds is 13. The second kappa shape index (κ2) is 13.6. The summed E-state index contributed by atoms with van der Waals surface area (Å²) in [5.41, 5.74) is 1.50. The first-order valence-electron chi connectivity index (χ1n) is 9.07. The first-order chi connectivity index (χ1) is 10.3. The standard InChI is InChI=1S/C20H33I/c1-2-3-4-5-6-7-8-9-10-11-12-13-14-19-15-17-20(21)18-16-19/h15-18H,2-14H2,1H3. The van der Waals surface area contributed by atoms with Crippen LogP contribution in [-0.2, 0) is 6.42 Å². The van der Waals surface area contributed by atoms with Crippen LogP contribution in [0.25, 0.3) is 0 Å². The van der Waals surface area contributed by atoms with Gasteiger partial charge in [0.1, 0.15) is 0 Å². The topological polar surface area (TPSA) is 0 Å². The molecule has 0 aliphatic heterocycles. The van der Waals surface area contributed by atoms with Crippen molar-refractivity contribution in [3.63, 3.8) is 0 Å². The summed E-state index contributed by atoms with van der Waals surface area (Å²) in [4.78, 5) is 0. The number of hydrogen-bond acceptors (Lipinski definition) is 0. The Morgan fingerprint density at radius 1 is 0.619 bits per heavy atom. The Kier molecular flexibility index (Phi) is 12.3. The molecule has 0 unspecified atom stereocenters. The van der Waals surface area contributed by atoms with Crippen LogP contribution in [0.5, 0.6) is 0 Å². The molecule has 1 heteroatoms. The SMILES string of the molecule is CCCCCCCCCCCCCCc1ccc(I)cc1. The smallest absolute Gasteiger partial charge is 0.0130 e. The van der Waals surface area contributed by atoms with Crippen LogP contribution in [0.2, 0.25) is 0 Å². The summed E-state index contributed by atoms with van der Waals surface area (Å²) >= 11 is 2.37. The maximum absolute atomic E-state index is 2.37. The van der Waals surface area contributed by atoms with Gasteiger partial charge in [0.15, 0.2) is 0 Å². The average Bonchev–Trinajstić information content (AvgIpc) is 2.50. The van der Waals surface area contributed by atoms with Gasteiger partial charge in [-0.25, -0.2) is 0 Å². The van der Waals surface area contributed by atoms with E-state index < -0.39 is 0 Å². The van der Waals surface area contributed by atoms with Crippen LogP contribution in [0.3, 0.4) is 0 Å². The lowest BCUT2D eigenvalue weighted by Gasteiger charge is -2.03. The van der Waals surface area contributed by atoms with Crippen molar-refractivity contribution in [1.29, 1.82) is 0 Å². The first kappa shape index (κ1) is 19.0. The fourth-order valence-corrected chi connectivity index (χ4v) is 3.18. The molecular formula is C20H33I. The lowest BCUT2D eigenvalue weighted by molar-refractivity contribution is 0.544. The first-order valence-corrected chi connectivity index (χ1v) is 10.1. The maximum Gasteiger partial charge on any atom is 0.0130 e. The lowest BCUT2D eigenvalue weighted by Crippen LogP contribution is -1.87. The molecular weight excluding hydrogens is 367 g/mol. The highest BCUT2D eigenvalue weighted by atomic mass is 127. The van der Waals surface area contributed by atoms with Crippen LogP contribution in [0.1, 0.15) is 89.5 Å². The van der Waals surface area contributed by atoms with Gasteiger partial charge in [0.05, 0.1) is 0 Å². The van der Waals surface area contributed by atoms with Crippen molar-refractivity contribution in [2.75, 3.05) is 0 Å². The summed E-state index contributed by atoms with van der Waals surface area (Å²) < 4.78 is 1.34. The molecule has 0 spiro atoms. The van der Waals surface area contributed by atoms with Crippen LogP contribution in [0.4, 0.5) is 0 Å². The minimum Gasteiger partial charge on any atom is -0.0654 e. The van der Waals surface area contributed by atoms with Gasteiger partial charge in [0, 0.05) is 3.57 Å². The van der Waals surface area contributed by atoms with Crippen molar-refractivity contribution in [1.82, 2.24) is 0 Å². The molecule has 0 aliphatic carbocycles. The minimum atomic E-state index is 1.26. The molecule has 21 heavy (non-hydrogen) atoms. The van der Waals surface area contributed by atoms with Crippen LogP contribution >= 0.6 is 22.6 Å². The zero-order valence-electron chi connectivity index (χ0n) is 13.9. The molecule has 1 rings (SSSR count). The summed E-state index contributed by atoms with van der Waals surface area (Å²) in [5.74, 6) is 0. The van der Waals surface area contributed by atoms with Crippen molar-refractivity contribution in [3.05, 3.63) is 33.4 Å². The Balaban J connectivity index is 1.81. The van der Waals surface area contributed by atoms with Crippen LogP contribution in [0.15, 0.2) is 24.3 Å². The Morgan fingerprint density at radius 2 is 1.05 bits per heavy atom. The second-order valence-corrected chi connectivity index (χ2v) is 7.51. The average molecular weight is 400 g/mol. The fraction of sp³-hybridized carbons (Fsp3) is 0.700. The molecule has 0 atom stereocenters. The van der Waals surface area contributed by atoms with Gasteiger partial charge in [-0.3, -0.25) is 0 Å². The van der Waals surface area contributed by atoms with E-state index in [-0.39, 0.29) is 0 Å². The van der Waals surface area contributed by atoms with Gasteiger partial charge in [-0.15, -0.1) is 0 Å². The van der Waals surface area contributed by atoms with Crippen molar-refractivity contribution in [2.24, 2.45) is 0 Å². The van der Waals surface area contributed by atoms with Gasteiger partial charge in [-0.2, -0.15) is 0 Å². The molecule has 0 radical (unpaired) electrons. The molecule has 0 aliphatic rings. The zero-order chi connectivity index (χ0) is 15.2. The summed E-state index contributed by atoms with van der Waals surface area (Å²) in [6.07, 6.45) is 18.5. The molecule has 1 aromatic carbocycles. The normalized spacial score (nSPS) is 11.0. The molecule has 0 nitrogen and oxygen atoms in total. The fourth-order valence-electron chi connectivity index (χ4n) is 2.82.